The topological polar surface area (TPSA) is 203 Å². The summed E-state index contributed by atoms with van der Waals surface area (Å²) in [6, 6.07) is -0.345. The molecule has 7 N–H and O–H groups in total. The lowest BCUT2D eigenvalue weighted by Gasteiger charge is -2.50. The van der Waals surface area contributed by atoms with Gasteiger partial charge < -0.3 is 41.1 Å². The third-order valence-electron chi connectivity index (χ3n) is 8.19. The van der Waals surface area contributed by atoms with E-state index in [4.69, 9.17) is 10.5 Å². The van der Waals surface area contributed by atoms with E-state index in [0.717, 1.165) is 0 Å². The first-order valence-corrected chi connectivity index (χ1v) is 13.2. The standard InChI is InChI=1S/C28H36N4O9/c1-7-41-27(39)11(2)30-15-10-16(31(3)4)13-8-12-9-14-20(32(5)6)23(35)19(26(29)38)25(37)28(14,40)24(36)17(12)22(34)18(13)21(15)33/h10-12,14,20,30,33,35-36,40H,7-9H2,1-6H3,(H2,29,38)/t11?,12-,14-,20+,28-/m1/s1. The third-order valence-corrected chi connectivity index (χ3v) is 8.19. The summed E-state index contributed by atoms with van der Waals surface area (Å²) in [5, 5.41) is 48.2. The number of aliphatic hydroxyl groups is 3. The summed E-state index contributed by atoms with van der Waals surface area (Å²) in [7, 11) is 6.63. The van der Waals surface area contributed by atoms with Gasteiger partial charge in [0.15, 0.2) is 11.4 Å². The van der Waals surface area contributed by atoms with Crippen molar-refractivity contribution in [2.45, 2.75) is 44.4 Å². The number of fused-ring (bicyclic) bond motifs is 3. The largest absolute Gasteiger partial charge is 0.510 e. The van der Waals surface area contributed by atoms with Crippen LogP contribution < -0.4 is 16.0 Å². The lowest BCUT2D eigenvalue weighted by molar-refractivity contribution is -0.148. The number of ether oxygens (including phenoxy) is 1. The van der Waals surface area contributed by atoms with E-state index >= 15 is 0 Å². The van der Waals surface area contributed by atoms with Crippen LogP contribution in [0.3, 0.4) is 0 Å². The quantitative estimate of drug-likeness (QED) is 0.151. The van der Waals surface area contributed by atoms with Gasteiger partial charge in [0, 0.05) is 31.3 Å². The molecule has 1 amide bonds. The molecule has 0 aliphatic heterocycles. The number of ketones is 2. The molecule has 0 fully saturated rings. The van der Waals surface area contributed by atoms with Crippen LogP contribution in [0.5, 0.6) is 5.75 Å². The SMILES string of the molecule is CCOC(=O)C(C)Nc1cc(N(C)C)c2c(c1O)C(=O)C1=C(O)[C@@]3(O)C(=O)C(C(N)=O)=C(O)[C@@H](N(C)C)[C@H]3C[C@H]1C2. The number of aromatic hydroxyl groups is 1. The number of phenolic OH excluding ortho intramolecular Hbond substituents is 1. The lowest BCUT2D eigenvalue weighted by Crippen LogP contribution is -2.63. The van der Waals surface area contributed by atoms with E-state index in [9.17, 15) is 39.6 Å². The van der Waals surface area contributed by atoms with Crippen LogP contribution in [-0.2, 0) is 25.5 Å². The number of carbonyl (C=O) groups is 4. The number of nitrogens with zero attached hydrogens (tertiary/aromatic N) is 2. The maximum atomic E-state index is 14.0. The Balaban J connectivity index is 1.92. The van der Waals surface area contributed by atoms with Crippen LogP contribution in [0.2, 0.25) is 0 Å². The fourth-order valence-electron chi connectivity index (χ4n) is 6.37. The number of anilines is 2. The Hall–Kier alpha value is -4.10. The molecular formula is C28H36N4O9. The Labute approximate surface area is 236 Å². The van der Waals surface area contributed by atoms with Crippen LogP contribution in [0.4, 0.5) is 11.4 Å². The highest BCUT2D eigenvalue weighted by molar-refractivity contribution is 6.25. The Morgan fingerprint density at radius 3 is 2.37 bits per heavy atom. The third kappa shape index (κ3) is 4.39. The molecule has 0 heterocycles. The van der Waals surface area contributed by atoms with Gasteiger partial charge in [-0.2, -0.15) is 0 Å². The van der Waals surface area contributed by atoms with Gasteiger partial charge >= 0.3 is 5.97 Å². The zero-order valence-electron chi connectivity index (χ0n) is 23.8. The molecule has 0 saturated carbocycles. The first-order valence-electron chi connectivity index (χ1n) is 13.2. The van der Waals surface area contributed by atoms with Crippen molar-refractivity contribution in [3.8, 4) is 5.75 Å². The number of phenols is 1. The van der Waals surface area contributed by atoms with E-state index in [2.05, 4.69) is 5.32 Å². The average molecular weight is 573 g/mol. The molecule has 0 saturated heterocycles. The molecule has 3 aliphatic rings. The van der Waals surface area contributed by atoms with Gasteiger partial charge in [0.25, 0.3) is 5.91 Å². The van der Waals surface area contributed by atoms with Gasteiger partial charge in [0.1, 0.15) is 28.9 Å². The van der Waals surface area contributed by atoms with E-state index in [-0.39, 0.29) is 36.3 Å². The van der Waals surface area contributed by atoms with Crippen LogP contribution >= 0.6 is 0 Å². The summed E-state index contributed by atoms with van der Waals surface area (Å²) in [5.74, 6) is -7.83. The van der Waals surface area contributed by atoms with Gasteiger partial charge in [-0.25, -0.2) is 4.79 Å². The number of allylic oxidation sites excluding steroid dienone is 1. The van der Waals surface area contributed by atoms with E-state index < -0.39 is 75.8 Å². The Kier molecular flexibility index (Phi) is 7.56. The second-order valence-electron chi connectivity index (χ2n) is 11.1. The lowest BCUT2D eigenvalue weighted by atomic mass is 9.58. The molecule has 1 aromatic rings. The molecule has 3 aliphatic carbocycles. The molecule has 13 nitrogen and oxygen atoms in total. The summed E-state index contributed by atoms with van der Waals surface area (Å²) in [4.78, 5) is 55.1. The molecule has 41 heavy (non-hydrogen) atoms. The van der Waals surface area contributed by atoms with Crippen molar-refractivity contribution in [3.05, 3.63) is 39.9 Å². The number of amides is 1. The second kappa shape index (κ2) is 10.4. The zero-order chi connectivity index (χ0) is 30.7. The normalized spacial score (nSPS) is 26.3. The highest BCUT2D eigenvalue weighted by Gasteiger charge is 2.63. The minimum atomic E-state index is -2.72. The number of esters is 1. The smallest absolute Gasteiger partial charge is 0.328 e. The van der Waals surface area contributed by atoms with E-state index in [0.29, 0.717) is 11.3 Å². The number of carbonyl (C=O) groups excluding carboxylic acids is 4. The van der Waals surface area contributed by atoms with Crippen LogP contribution in [-0.4, -0.2) is 101 Å². The van der Waals surface area contributed by atoms with Crippen LogP contribution in [0.25, 0.3) is 0 Å². The number of benzene rings is 1. The molecular weight excluding hydrogens is 536 g/mol. The van der Waals surface area contributed by atoms with Gasteiger partial charge in [0.2, 0.25) is 5.78 Å². The molecule has 0 spiro atoms. The minimum absolute atomic E-state index is 0.0146. The van der Waals surface area contributed by atoms with E-state index in [1.54, 1.807) is 46.1 Å². The Morgan fingerprint density at radius 2 is 1.83 bits per heavy atom. The number of nitrogens with two attached hydrogens (primary N) is 1. The number of rotatable bonds is 7. The summed E-state index contributed by atoms with van der Waals surface area (Å²) in [5.41, 5.74) is 2.46. The predicted molar refractivity (Wildman–Crippen MR) is 148 cm³/mol. The first kappa shape index (κ1) is 29.9. The molecule has 5 atom stereocenters. The second-order valence-corrected chi connectivity index (χ2v) is 11.1. The van der Waals surface area contributed by atoms with Crippen molar-refractivity contribution in [2.75, 3.05) is 45.0 Å². The van der Waals surface area contributed by atoms with Crippen LogP contribution in [0.15, 0.2) is 28.7 Å². The summed E-state index contributed by atoms with van der Waals surface area (Å²) in [6.07, 6.45) is 0.128. The molecule has 0 bridgehead atoms. The van der Waals surface area contributed by atoms with Crippen LogP contribution in [0, 0.1) is 11.8 Å². The Bertz CT molecular complexity index is 1410. The van der Waals surface area contributed by atoms with Gasteiger partial charge in [-0.15, -0.1) is 0 Å². The minimum Gasteiger partial charge on any atom is -0.510 e. The number of primary amides is 1. The number of hydrogen-bond acceptors (Lipinski definition) is 12. The highest BCUT2D eigenvalue weighted by atomic mass is 16.5. The molecule has 222 valence electrons. The monoisotopic (exact) mass is 572 g/mol. The fourth-order valence-corrected chi connectivity index (χ4v) is 6.37. The fraction of sp³-hybridized carbons (Fsp3) is 0.500. The molecule has 13 heteroatoms. The van der Waals surface area contributed by atoms with Crippen molar-refractivity contribution in [2.24, 2.45) is 17.6 Å². The van der Waals surface area contributed by atoms with Gasteiger partial charge in [-0.3, -0.25) is 19.3 Å². The summed E-state index contributed by atoms with van der Waals surface area (Å²) in [6.45, 7) is 3.34. The van der Waals surface area contributed by atoms with Crippen molar-refractivity contribution in [1.82, 2.24) is 4.90 Å². The van der Waals surface area contributed by atoms with Gasteiger partial charge in [-0.1, -0.05) is 0 Å². The molecule has 4 rings (SSSR count). The predicted octanol–water partition coefficient (Wildman–Crippen LogP) is 0.550. The maximum Gasteiger partial charge on any atom is 0.328 e. The van der Waals surface area contributed by atoms with Crippen molar-refractivity contribution in [1.29, 1.82) is 0 Å². The molecule has 0 radical (unpaired) electrons. The number of nitrogens with one attached hydrogen (secondary N) is 1. The number of aliphatic hydroxyl groups excluding tert-OH is 2. The van der Waals surface area contributed by atoms with Gasteiger partial charge in [0.05, 0.1) is 23.9 Å². The van der Waals surface area contributed by atoms with Crippen molar-refractivity contribution in [3.63, 3.8) is 0 Å². The zero-order valence-corrected chi connectivity index (χ0v) is 23.8. The van der Waals surface area contributed by atoms with E-state index in [1.165, 1.54) is 11.8 Å². The Morgan fingerprint density at radius 1 is 1.20 bits per heavy atom. The van der Waals surface area contributed by atoms with Crippen molar-refractivity contribution < 1.29 is 44.3 Å². The molecule has 1 aromatic carbocycles. The number of Topliss-reactive ketones (excluding diaryl/α,β-unsaturated/α-hetero) is 2. The molecule has 1 unspecified atom stereocenters. The summed E-state index contributed by atoms with van der Waals surface area (Å²) < 4.78 is 5.02. The summed E-state index contributed by atoms with van der Waals surface area (Å²) >= 11 is 0. The van der Waals surface area contributed by atoms with E-state index in [1.807, 2.05) is 0 Å². The first-order chi connectivity index (χ1) is 19.1. The van der Waals surface area contributed by atoms with Crippen molar-refractivity contribution >= 4 is 34.8 Å². The van der Waals surface area contributed by atoms with Crippen LogP contribution in [0.1, 0.15) is 36.2 Å². The highest BCUT2D eigenvalue weighted by Crippen LogP contribution is 2.54. The average Bonchev–Trinajstić information content (AvgIpc) is 2.87. The van der Waals surface area contributed by atoms with Gasteiger partial charge in [-0.05, 0) is 58.3 Å². The number of hydrogen-bond donors (Lipinski definition) is 6. The number of likely N-dealkylation sites (N-methyl/N-ethyl adjacent to an activating group) is 1. The molecule has 0 aromatic heterocycles. The maximum absolute atomic E-state index is 14.0.